The van der Waals surface area contributed by atoms with E-state index >= 15 is 0 Å². The molecule has 1 aromatic carbocycles. The van der Waals surface area contributed by atoms with Gasteiger partial charge in [-0.15, -0.1) is 0 Å². The Kier molecular flexibility index (Phi) is 10.5. The van der Waals surface area contributed by atoms with Crippen LogP contribution < -0.4 is 20.0 Å². The third kappa shape index (κ3) is 8.38. The number of nitrogens with zero attached hydrogens (tertiary/aromatic N) is 3. The van der Waals surface area contributed by atoms with E-state index in [2.05, 4.69) is 25.7 Å². The summed E-state index contributed by atoms with van der Waals surface area (Å²) in [6.45, 7) is 3.87. The highest BCUT2D eigenvalue weighted by Gasteiger charge is 2.28. The molecule has 1 amide bonds. The summed E-state index contributed by atoms with van der Waals surface area (Å²) in [5.41, 5.74) is 2.47. The Morgan fingerprint density at radius 2 is 1.88 bits per heavy atom. The zero-order valence-corrected chi connectivity index (χ0v) is 23.4. The molecule has 1 aliphatic rings. The van der Waals surface area contributed by atoms with Crippen LogP contribution in [0.25, 0.3) is 11.5 Å². The van der Waals surface area contributed by atoms with Crippen molar-refractivity contribution in [1.29, 1.82) is 0 Å². The first kappa shape index (κ1) is 29.8. The van der Waals surface area contributed by atoms with Crippen LogP contribution in [-0.4, -0.2) is 58.8 Å². The second-order valence-electron chi connectivity index (χ2n) is 9.50. The fourth-order valence-corrected chi connectivity index (χ4v) is 4.34. The van der Waals surface area contributed by atoms with E-state index in [1.807, 2.05) is 24.3 Å². The number of carbonyl (C=O) groups excluding carboxylic acids is 2. The van der Waals surface area contributed by atoms with Crippen LogP contribution in [0.15, 0.2) is 58.4 Å². The predicted octanol–water partition coefficient (Wildman–Crippen LogP) is 2.84. The minimum Gasteiger partial charge on any atom is -0.497 e. The van der Waals surface area contributed by atoms with E-state index in [0.717, 1.165) is 24.2 Å². The van der Waals surface area contributed by atoms with Crippen molar-refractivity contribution in [1.82, 2.24) is 25.7 Å². The molecule has 2 heterocycles. The lowest BCUT2D eigenvalue weighted by Crippen LogP contribution is -2.50. The molecular weight excluding hydrogens is 529 g/mol. The summed E-state index contributed by atoms with van der Waals surface area (Å²) in [5.74, 6) is 0.924. The number of rotatable bonds is 13. The van der Waals surface area contributed by atoms with E-state index in [1.165, 1.54) is 6.82 Å². The van der Waals surface area contributed by atoms with Gasteiger partial charge in [-0.05, 0) is 69.3 Å². The van der Waals surface area contributed by atoms with E-state index in [9.17, 15) is 14.6 Å². The lowest BCUT2D eigenvalue weighted by atomic mass is 9.86. The van der Waals surface area contributed by atoms with Gasteiger partial charge in [-0.2, -0.15) is 4.98 Å². The van der Waals surface area contributed by atoms with Crippen LogP contribution in [0.3, 0.4) is 0 Å². The minimum atomic E-state index is -0.981. The average molecular weight is 563 g/mol. The molecule has 0 saturated heterocycles. The van der Waals surface area contributed by atoms with Crippen molar-refractivity contribution >= 4 is 18.9 Å². The number of hydrogen-bond donors (Lipinski definition) is 3. The van der Waals surface area contributed by atoms with Crippen LogP contribution in [0.4, 0.5) is 0 Å². The zero-order chi connectivity index (χ0) is 29.2. The van der Waals surface area contributed by atoms with Gasteiger partial charge in [-0.1, -0.05) is 17.3 Å². The van der Waals surface area contributed by atoms with Crippen molar-refractivity contribution in [3.05, 3.63) is 65.3 Å². The second-order valence-corrected chi connectivity index (χ2v) is 9.50. The van der Waals surface area contributed by atoms with Gasteiger partial charge in [-0.25, -0.2) is 9.78 Å². The molecule has 216 valence electrons. The smallest absolute Gasteiger partial charge is 0.374 e. The molecule has 0 fully saturated rings. The molecule has 1 atom stereocenters. The molecule has 13 heteroatoms. The summed E-state index contributed by atoms with van der Waals surface area (Å²) in [4.78, 5) is 34.3. The highest BCUT2D eigenvalue weighted by Crippen LogP contribution is 2.24. The number of amides is 1. The maximum Gasteiger partial charge on any atom is 0.374 e. The van der Waals surface area contributed by atoms with Crippen LogP contribution in [0, 0.1) is 0 Å². The summed E-state index contributed by atoms with van der Waals surface area (Å²) < 4.78 is 21.5. The average Bonchev–Trinajstić information content (AvgIpc) is 3.45. The Morgan fingerprint density at radius 3 is 2.56 bits per heavy atom. The summed E-state index contributed by atoms with van der Waals surface area (Å²) in [7, 11) is 0.637. The van der Waals surface area contributed by atoms with Gasteiger partial charge >= 0.3 is 13.0 Å². The summed E-state index contributed by atoms with van der Waals surface area (Å²) in [6, 6.07) is 10.1. The van der Waals surface area contributed by atoms with E-state index in [-0.39, 0.29) is 24.7 Å². The molecule has 3 aromatic rings. The molecule has 0 aliphatic heterocycles. The summed E-state index contributed by atoms with van der Waals surface area (Å²) in [5, 5.41) is 19.6. The first-order chi connectivity index (χ1) is 19.9. The molecular formula is C28H34BN5O7. The topological polar surface area (TPSA) is 158 Å². The summed E-state index contributed by atoms with van der Waals surface area (Å²) >= 11 is 0. The van der Waals surface area contributed by atoms with E-state index in [1.54, 1.807) is 32.4 Å². The van der Waals surface area contributed by atoms with Gasteiger partial charge in [0, 0.05) is 5.70 Å². The number of allylic oxidation sites excluding steroid dienone is 1. The zero-order valence-electron chi connectivity index (χ0n) is 23.4. The van der Waals surface area contributed by atoms with Crippen molar-refractivity contribution in [2.24, 2.45) is 0 Å². The monoisotopic (exact) mass is 563 g/mol. The van der Waals surface area contributed by atoms with Gasteiger partial charge in [0.15, 0.2) is 0 Å². The number of pyridine rings is 1. The highest BCUT2D eigenvalue weighted by atomic mass is 16.5. The van der Waals surface area contributed by atoms with Crippen molar-refractivity contribution < 1.29 is 33.3 Å². The van der Waals surface area contributed by atoms with Crippen LogP contribution in [0.2, 0.25) is 6.82 Å². The minimum absolute atomic E-state index is 0.00874. The van der Waals surface area contributed by atoms with Crippen LogP contribution in [0.5, 0.6) is 11.5 Å². The number of methoxy groups -OCH3 is 1. The van der Waals surface area contributed by atoms with E-state index in [0.29, 0.717) is 42.2 Å². The fourth-order valence-electron chi connectivity index (χ4n) is 4.34. The number of hydrogen-bond acceptors (Lipinski definition) is 11. The van der Waals surface area contributed by atoms with Gasteiger partial charge in [0.05, 0.1) is 37.9 Å². The molecule has 4 rings (SSSR count). The standard InChI is InChI=1S/C28H34BN5O7/c1-4-39-28(36)21-7-5-6-8-22(21)31-27(35)24(33-29(2)37)15-25-32-26(34-41-25)23-14-13-20(16-30-23)40-17-18-9-11-19(38-3)12-10-18/h9-14,16,24,33,37H,4-8,15,17H2,1-3H3,(H,31,35). The first-order valence-electron chi connectivity index (χ1n) is 13.5. The number of nitrogens with one attached hydrogen (secondary N) is 2. The molecule has 0 radical (unpaired) electrons. The second kappa shape index (κ2) is 14.4. The van der Waals surface area contributed by atoms with E-state index < -0.39 is 25.0 Å². The third-order valence-electron chi connectivity index (χ3n) is 6.40. The van der Waals surface area contributed by atoms with Crippen molar-refractivity contribution in [2.75, 3.05) is 13.7 Å². The first-order valence-corrected chi connectivity index (χ1v) is 13.5. The van der Waals surface area contributed by atoms with Crippen molar-refractivity contribution in [3.63, 3.8) is 0 Å². The Balaban J connectivity index is 1.39. The summed E-state index contributed by atoms with van der Waals surface area (Å²) in [6.07, 6.45) is 4.36. The van der Waals surface area contributed by atoms with E-state index in [4.69, 9.17) is 18.7 Å². The van der Waals surface area contributed by atoms with Gasteiger partial charge in [0.25, 0.3) is 0 Å². The lowest BCUT2D eigenvalue weighted by molar-refractivity contribution is -0.138. The Morgan fingerprint density at radius 1 is 1.12 bits per heavy atom. The van der Waals surface area contributed by atoms with Gasteiger partial charge in [0.1, 0.15) is 23.8 Å². The number of benzene rings is 1. The van der Waals surface area contributed by atoms with Crippen molar-refractivity contribution in [2.45, 2.75) is 58.5 Å². The molecule has 0 bridgehead atoms. The predicted molar refractivity (Wildman–Crippen MR) is 150 cm³/mol. The Bertz CT molecular complexity index is 1340. The van der Waals surface area contributed by atoms with Gasteiger partial charge in [-0.3, -0.25) is 4.79 Å². The molecule has 1 unspecified atom stereocenters. The molecule has 2 aromatic heterocycles. The molecule has 41 heavy (non-hydrogen) atoms. The molecule has 1 aliphatic carbocycles. The highest BCUT2D eigenvalue weighted by molar-refractivity contribution is 6.46. The SMILES string of the molecule is CCOC(=O)C1=C(NC(=O)C(Cc2nc(-c3ccc(OCc4ccc(OC)cc4)cn3)no2)NB(C)O)CCCC1. The maximum atomic E-state index is 13.2. The normalized spacial score (nSPS) is 13.9. The quantitative estimate of drug-likeness (QED) is 0.207. The van der Waals surface area contributed by atoms with Crippen LogP contribution >= 0.6 is 0 Å². The van der Waals surface area contributed by atoms with Gasteiger partial charge in [0.2, 0.25) is 17.6 Å². The molecule has 12 nitrogen and oxygen atoms in total. The Labute approximate surface area is 238 Å². The maximum absolute atomic E-state index is 13.2. The number of esters is 1. The fraction of sp³-hybridized carbons (Fsp3) is 0.393. The number of carbonyl (C=O) groups is 2. The molecule has 3 N–H and O–H groups in total. The largest absolute Gasteiger partial charge is 0.497 e. The van der Waals surface area contributed by atoms with Crippen molar-refractivity contribution in [3.8, 4) is 23.0 Å². The number of aromatic nitrogens is 3. The Hall–Kier alpha value is -4.23. The lowest BCUT2D eigenvalue weighted by Gasteiger charge is -2.23. The van der Waals surface area contributed by atoms with Crippen LogP contribution in [0.1, 0.15) is 44.1 Å². The molecule has 0 spiro atoms. The number of ether oxygens (including phenoxy) is 3. The third-order valence-corrected chi connectivity index (χ3v) is 6.40. The van der Waals surface area contributed by atoms with Crippen LogP contribution in [-0.2, 0) is 27.4 Å². The molecule has 0 saturated carbocycles. The van der Waals surface area contributed by atoms with Gasteiger partial charge < -0.3 is 34.3 Å².